The molecule has 8 heteroatoms. The van der Waals surface area contributed by atoms with Crippen LogP contribution in [0.2, 0.25) is 0 Å². The fourth-order valence-corrected chi connectivity index (χ4v) is 2.08. The van der Waals surface area contributed by atoms with Gasteiger partial charge in [0.05, 0.1) is 20.8 Å². The molecule has 0 bridgehead atoms. The minimum absolute atomic E-state index is 0.147. The quantitative estimate of drug-likeness (QED) is 0.570. The number of nitrogens with zero attached hydrogens (tertiary/aromatic N) is 1. The van der Waals surface area contributed by atoms with Crippen molar-refractivity contribution in [1.82, 2.24) is 4.90 Å². The molecule has 0 atom stereocenters. The zero-order valence-corrected chi connectivity index (χ0v) is 13.3. The predicted octanol–water partition coefficient (Wildman–Crippen LogP) is 1.24. The van der Waals surface area contributed by atoms with Crippen molar-refractivity contribution in [2.24, 2.45) is 0 Å². The molecular formula is C16H17NO7. The lowest BCUT2D eigenvalue weighted by atomic mass is 10.1. The number of benzene rings is 1. The van der Waals surface area contributed by atoms with Crippen LogP contribution in [0.15, 0.2) is 24.3 Å². The van der Waals surface area contributed by atoms with E-state index in [0.29, 0.717) is 17.1 Å². The van der Waals surface area contributed by atoms with Crippen LogP contribution in [-0.2, 0) is 19.1 Å². The summed E-state index contributed by atoms with van der Waals surface area (Å²) in [6.45, 7) is -0.229. The van der Waals surface area contributed by atoms with Gasteiger partial charge in [0, 0.05) is 11.6 Å². The molecule has 0 unspecified atom stereocenters. The maximum atomic E-state index is 11.7. The molecule has 128 valence electrons. The first-order chi connectivity index (χ1) is 11.6. The lowest BCUT2D eigenvalue weighted by Crippen LogP contribution is -2.35. The first-order valence-electron chi connectivity index (χ1n) is 7.09. The number of methoxy groups -OCH3 is 2. The van der Waals surface area contributed by atoms with Gasteiger partial charge < -0.3 is 18.9 Å². The van der Waals surface area contributed by atoms with Crippen LogP contribution in [0.3, 0.4) is 0 Å². The number of amides is 2. The highest BCUT2D eigenvalue weighted by molar-refractivity contribution is 5.95. The molecular weight excluding hydrogens is 318 g/mol. The summed E-state index contributed by atoms with van der Waals surface area (Å²) in [6.07, 6.45) is 1.92. The second kappa shape index (κ2) is 8.00. The Morgan fingerprint density at radius 2 is 2.08 bits per heavy atom. The summed E-state index contributed by atoms with van der Waals surface area (Å²) in [5.74, 6) is -0.352. The topological polar surface area (TPSA) is 91.4 Å². The molecule has 8 nitrogen and oxygen atoms in total. The van der Waals surface area contributed by atoms with E-state index < -0.39 is 24.6 Å². The van der Waals surface area contributed by atoms with Gasteiger partial charge in [-0.1, -0.05) is 12.1 Å². The van der Waals surface area contributed by atoms with Gasteiger partial charge in [-0.3, -0.25) is 4.79 Å². The van der Waals surface area contributed by atoms with Gasteiger partial charge in [0.2, 0.25) is 0 Å². The van der Waals surface area contributed by atoms with Crippen LogP contribution in [0.4, 0.5) is 4.79 Å². The Morgan fingerprint density at radius 1 is 1.29 bits per heavy atom. The number of ether oxygens (including phenoxy) is 4. The molecule has 0 aliphatic carbocycles. The summed E-state index contributed by atoms with van der Waals surface area (Å²) in [4.78, 5) is 35.5. The highest BCUT2D eigenvalue weighted by Crippen LogP contribution is 2.31. The monoisotopic (exact) mass is 335 g/mol. The Kier molecular flexibility index (Phi) is 5.78. The Hall–Kier alpha value is -3.03. The van der Waals surface area contributed by atoms with Crippen molar-refractivity contribution >= 4 is 24.0 Å². The van der Waals surface area contributed by atoms with Gasteiger partial charge in [-0.25, -0.2) is 14.5 Å². The number of para-hydroxylation sites is 1. The smallest absolute Gasteiger partial charge is 0.416 e. The van der Waals surface area contributed by atoms with Crippen LogP contribution in [0.1, 0.15) is 5.56 Å². The van der Waals surface area contributed by atoms with Crippen molar-refractivity contribution in [1.29, 1.82) is 0 Å². The third-order valence-corrected chi connectivity index (χ3v) is 3.23. The van der Waals surface area contributed by atoms with Crippen molar-refractivity contribution in [2.75, 3.05) is 34.0 Å². The molecule has 2 rings (SSSR count). The third kappa shape index (κ3) is 4.03. The summed E-state index contributed by atoms with van der Waals surface area (Å²) in [5, 5.41) is 0. The predicted molar refractivity (Wildman–Crippen MR) is 82.6 cm³/mol. The van der Waals surface area contributed by atoms with E-state index >= 15 is 0 Å². The fourth-order valence-electron chi connectivity index (χ4n) is 2.08. The van der Waals surface area contributed by atoms with Crippen LogP contribution < -0.4 is 9.47 Å². The molecule has 1 aromatic carbocycles. The SMILES string of the molecule is COc1cccc(/C=C/C(=O)OCC(=O)N2CCOC2=O)c1OC. The van der Waals surface area contributed by atoms with Gasteiger partial charge in [-0.15, -0.1) is 0 Å². The number of cyclic esters (lactones) is 1. The Labute approximate surface area is 138 Å². The van der Waals surface area contributed by atoms with E-state index in [4.69, 9.17) is 14.2 Å². The second-order valence-electron chi connectivity index (χ2n) is 4.68. The average Bonchev–Trinajstić information content (AvgIpc) is 3.03. The molecule has 2 amide bonds. The first kappa shape index (κ1) is 17.3. The first-order valence-corrected chi connectivity index (χ1v) is 7.09. The largest absolute Gasteiger partial charge is 0.493 e. The van der Waals surface area contributed by atoms with E-state index in [1.807, 2.05) is 0 Å². The van der Waals surface area contributed by atoms with Gasteiger partial charge in [0.15, 0.2) is 18.1 Å². The molecule has 1 heterocycles. The highest BCUT2D eigenvalue weighted by atomic mass is 16.6. The van der Waals surface area contributed by atoms with E-state index in [0.717, 1.165) is 11.0 Å². The minimum atomic E-state index is -0.729. The normalized spacial score (nSPS) is 13.8. The molecule has 1 fully saturated rings. The molecule has 1 aliphatic heterocycles. The van der Waals surface area contributed by atoms with Crippen molar-refractivity contribution in [3.05, 3.63) is 29.8 Å². The number of carbonyl (C=O) groups is 3. The molecule has 0 saturated carbocycles. The zero-order chi connectivity index (χ0) is 17.5. The summed E-state index contributed by atoms with van der Waals surface area (Å²) < 4.78 is 19.8. The molecule has 1 saturated heterocycles. The molecule has 0 N–H and O–H groups in total. The van der Waals surface area contributed by atoms with Crippen LogP contribution in [0.25, 0.3) is 6.08 Å². The maximum Gasteiger partial charge on any atom is 0.416 e. The van der Waals surface area contributed by atoms with Crippen molar-refractivity contribution in [3.8, 4) is 11.5 Å². The van der Waals surface area contributed by atoms with Gasteiger partial charge in [-0.2, -0.15) is 0 Å². The average molecular weight is 335 g/mol. The van der Waals surface area contributed by atoms with Crippen molar-refractivity contribution in [2.45, 2.75) is 0 Å². The lowest BCUT2D eigenvalue weighted by molar-refractivity contribution is -0.146. The number of rotatable bonds is 6. The summed E-state index contributed by atoms with van der Waals surface area (Å²) in [6, 6.07) is 5.20. The fraction of sp³-hybridized carbons (Fsp3) is 0.312. The van der Waals surface area contributed by atoms with E-state index in [1.165, 1.54) is 20.3 Å². The Bertz CT molecular complexity index is 668. The van der Waals surface area contributed by atoms with Gasteiger partial charge in [0.1, 0.15) is 6.61 Å². The molecule has 0 aromatic heterocycles. The van der Waals surface area contributed by atoms with Crippen molar-refractivity contribution in [3.63, 3.8) is 0 Å². The lowest BCUT2D eigenvalue weighted by Gasteiger charge is -2.10. The standard InChI is InChI=1S/C16H17NO7/c1-21-12-5-3-4-11(15(12)22-2)6-7-14(19)24-10-13(18)17-8-9-23-16(17)20/h3-7H,8-10H2,1-2H3/b7-6+. The third-order valence-electron chi connectivity index (χ3n) is 3.23. The minimum Gasteiger partial charge on any atom is -0.493 e. The van der Waals surface area contributed by atoms with Gasteiger partial charge >= 0.3 is 12.1 Å². The van der Waals surface area contributed by atoms with E-state index in [-0.39, 0.29) is 13.2 Å². The summed E-state index contributed by atoms with van der Waals surface area (Å²) in [5.41, 5.74) is 0.614. The Balaban J connectivity index is 1.94. The molecule has 24 heavy (non-hydrogen) atoms. The number of hydrogen-bond donors (Lipinski definition) is 0. The summed E-state index contributed by atoms with van der Waals surface area (Å²) >= 11 is 0. The van der Waals surface area contributed by atoms with Crippen LogP contribution >= 0.6 is 0 Å². The van der Waals surface area contributed by atoms with E-state index in [1.54, 1.807) is 18.2 Å². The summed E-state index contributed by atoms with van der Waals surface area (Å²) in [7, 11) is 3.00. The van der Waals surface area contributed by atoms with Crippen LogP contribution in [0.5, 0.6) is 11.5 Å². The Morgan fingerprint density at radius 3 is 2.71 bits per heavy atom. The molecule has 1 aromatic rings. The van der Waals surface area contributed by atoms with Crippen LogP contribution in [0, 0.1) is 0 Å². The van der Waals surface area contributed by atoms with Crippen LogP contribution in [-0.4, -0.2) is 56.8 Å². The number of hydrogen-bond acceptors (Lipinski definition) is 7. The number of esters is 1. The number of imide groups is 1. The van der Waals surface area contributed by atoms with Crippen molar-refractivity contribution < 1.29 is 33.3 Å². The van der Waals surface area contributed by atoms with Gasteiger partial charge in [-0.05, 0) is 12.1 Å². The highest BCUT2D eigenvalue weighted by Gasteiger charge is 2.28. The molecule has 1 aliphatic rings. The number of carbonyl (C=O) groups excluding carboxylic acids is 3. The second-order valence-corrected chi connectivity index (χ2v) is 4.68. The van der Waals surface area contributed by atoms with E-state index in [9.17, 15) is 14.4 Å². The van der Waals surface area contributed by atoms with Gasteiger partial charge in [0.25, 0.3) is 5.91 Å². The maximum absolute atomic E-state index is 11.7. The molecule has 0 radical (unpaired) electrons. The molecule has 0 spiro atoms. The zero-order valence-electron chi connectivity index (χ0n) is 13.3. The van der Waals surface area contributed by atoms with E-state index in [2.05, 4.69) is 4.74 Å².